The molecule has 3 rings (SSSR count). The van der Waals surface area contributed by atoms with Gasteiger partial charge >= 0.3 is 0 Å². The van der Waals surface area contributed by atoms with Gasteiger partial charge in [0.2, 0.25) is 10.0 Å². The fourth-order valence-corrected chi connectivity index (χ4v) is 4.60. The number of anilines is 1. The van der Waals surface area contributed by atoms with Crippen LogP contribution in [-0.2, 0) is 14.8 Å². The van der Waals surface area contributed by atoms with Gasteiger partial charge in [0.05, 0.1) is 9.82 Å². The van der Waals surface area contributed by atoms with Gasteiger partial charge in [0.25, 0.3) is 11.6 Å². The molecule has 11 heteroatoms. The quantitative estimate of drug-likeness (QED) is 0.307. The minimum absolute atomic E-state index is 0.0118. The van der Waals surface area contributed by atoms with Crippen LogP contribution in [0.2, 0.25) is 0 Å². The topological polar surface area (TPSA) is 133 Å². The summed E-state index contributed by atoms with van der Waals surface area (Å²) in [5.74, 6) is -0.722. The first kappa shape index (κ1) is 21.4. The maximum Gasteiger partial charge on any atom is 0.271 e. The van der Waals surface area contributed by atoms with Crippen molar-refractivity contribution in [3.8, 4) is 0 Å². The van der Waals surface area contributed by atoms with Gasteiger partial charge in [0, 0.05) is 50.1 Å². The van der Waals surface area contributed by atoms with Crippen LogP contribution in [0.5, 0.6) is 0 Å². The number of amides is 1. The average molecular weight is 432 g/mol. The number of benzene rings is 2. The second kappa shape index (κ2) is 9.03. The molecule has 1 aliphatic heterocycles. The zero-order valence-electron chi connectivity index (χ0n) is 15.8. The Morgan fingerprint density at radius 3 is 2.47 bits per heavy atom. The van der Waals surface area contributed by atoms with Gasteiger partial charge in [-0.3, -0.25) is 20.1 Å². The molecule has 1 saturated heterocycles. The van der Waals surface area contributed by atoms with Gasteiger partial charge in [-0.1, -0.05) is 18.2 Å². The Morgan fingerprint density at radius 2 is 1.80 bits per heavy atom. The lowest BCUT2D eigenvalue weighted by molar-refractivity contribution is -0.384. The third-order valence-electron chi connectivity index (χ3n) is 4.68. The smallest absolute Gasteiger partial charge is 0.271 e. The highest BCUT2D eigenvalue weighted by Crippen LogP contribution is 2.24. The van der Waals surface area contributed by atoms with Gasteiger partial charge in [-0.2, -0.15) is 4.31 Å². The lowest BCUT2D eigenvalue weighted by Crippen LogP contribution is -2.48. The molecule has 0 aromatic heterocycles. The summed E-state index contributed by atoms with van der Waals surface area (Å²) in [4.78, 5) is 23.6. The summed E-state index contributed by atoms with van der Waals surface area (Å²) in [5, 5.41) is 19.5. The van der Waals surface area contributed by atoms with Crippen LogP contribution in [0.15, 0.2) is 59.5 Å². The maximum atomic E-state index is 13.0. The van der Waals surface area contributed by atoms with Crippen molar-refractivity contribution in [1.29, 1.82) is 0 Å². The van der Waals surface area contributed by atoms with Crippen molar-refractivity contribution in [2.45, 2.75) is 4.90 Å². The van der Waals surface area contributed by atoms with Crippen LogP contribution in [-0.4, -0.2) is 54.9 Å². The summed E-state index contributed by atoms with van der Waals surface area (Å²) < 4.78 is 27.4. The van der Waals surface area contributed by atoms with Gasteiger partial charge in [-0.05, 0) is 29.8 Å². The Bertz CT molecular complexity index is 1080. The third-order valence-corrected chi connectivity index (χ3v) is 6.57. The molecule has 1 heterocycles. The lowest BCUT2D eigenvalue weighted by atomic mass is 10.2. The number of piperazine rings is 1. The van der Waals surface area contributed by atoms with Crippen molar-refractivity contribution in [2.24, 2.45) is 0 Å². The Labute approximate surface area is 173 Å². The molecule has 2 aromatic rings. The third kappa shape index (κ3) is 4.82. The molecule has 158 valence electrons. The second-order valence-electron chi connectivity index (χ2n) is 6.55. The summed E-state index contributed by atoms with van der Waals surface area (Å²) in [6.07, 6.45) is 2.48. The highest BCUT2D eigenvalue weighted by atomic mass is 32.2. The van der Waals surface area contributed by atoms with Gasteiger partial charge < -0.3 is 4.90 Å². The van der Waals surface area contributed by atoms with E-state index in [0.29, 0.717) is 24.3 Å². The number of nitrogens with one attached hydrogen (secondary N) is 1. The van der Waals surface area contributed by atoms with Crippen molar-refractivity contribution in [3.63, 3.8) is 0 Å². The lowest BCUT2D eigenvalue weighted by Gasteiger charge is -2.35. The molecule has 10 nitrogen and oxygen atoms in total. The summed E-state index contributed by atoms with van der Waals surface area (Å²) in [6, 6.07) is 12.4. The molecule has 0 radical (unpaired) electrons. The monoisotopic (exact) mass is 432 g/mol. The van der Waals surface area contributed by atoms with Crippen molar-refractivity contribution in [2.75, 3.05) is 31.1 Å². The molecule has 0 atom stereocenters. The normalized spacial score (nSPS) is 15.3. The van der Waals surface area contributed by atoms with Gasteiger partial charge in [0.1, 0.15) is 0 Å². The number of hydrogen-bond acceptors (Lipinski definition) is 7. The number of nitro groups is 1. The largest absolute Gasteiger partial charge is 0.369 e. The number of nitrogens with zero attached hydrogens (tertiary/aromatic N) is 3. The van der Waals surface area contributed by atoms with Gasteiger partial charge in [-0.25, -0.2) is 13.9 Å². The summed E-state index contributed by atoms with van der Waals surface area (Å²) in [7, 11) is -3.74. The van der Waals surface area contributed by atoms with Crippen molar-refractivity contribution < 1.29 is 23.3 Å². The number of hydroxylamine groups is 1. The molecular weight excluding hydrogens is 412 g/mol. The van der Waals surface area contributed by atoms with Gasteiger partial charge in [-0.15, -0.1) is 0 Å². The van der Waals surface area contributed by atoms with E-state index < -0.39 is 20.9 Å². The molecule has 0 aliphatic carbocycles. The Hall–Kier alpha value is -3.28. The zero-order chi connectivity index (χ0) is 21.7. The SMILES string of the molecule is O=C(C=Cc1cccc(S(=O)(=O)N2CCN(c3cccc([N+](=O)[O-])c3)CC2)c1)NO. The van der Waals surface area contributed by atoms with Crippen LogP contribution >= 0.6 is 0 Å². The van der Waals surface area contributed by atoms with Gasteiger partial charge in [0.15, 0.2) is 0 Å². The predicted octanol–water partition coefficient (Wildman–Crippen LogP) is 1.62. The number of rotatable bonds is 6. The van der Waals surface area contributed by atoms with E-state index in [4.69, 9.17) is 5.21 Å². The molecule has 0 bridgehead atoms. The van der Waals surface area contributed by atoms with E-state index in [1.807, 2.05) is 4.90 Å². The van der Waals surface area contributed by atoms with Crippen LogP contribution in [0.4, 0.5) is 11.4 Å². The van der Waals surface area contributed by atoms with Crippen molar-refractivity contribution in [3.05, 3.63) is 70.3 Å². The summed E-state index contributed by atoms with van der Waals surface area (Å²) >= 11 is 0. The maximum absolute atomic E-state index is 13.0. The van der Waals surface area contributed by atoms with Crippen LogP contribution in [0.3, 0.4) is 0 Å². The molecular formula is C19H20N4O6S. The Kier molecular flexibility index (Phi) is 6.45. The number of carbonyl (C=O) groups is 1. The van der Waals surface area contributed by atoms with E-state index in [0.717, 1.165) is 6.08 Å². The van der Waals surface area contributed by atoms with E-state index in [9.17, 15) is 23.3 Å². The first-order valence-electron chi connectivity index (χ1n) is 9.03. The minimum atomic E-state index is -3.74. The second-order valence-corrected chi connectivity index (χ2v) is 8.49. The predicted molar refractivity (Wildman–Crippen MR) is 109 cm³/mol. The molecule has 1 aliphatic rings. The van der Waals surface area contributed by atoms with E-state index in [-0.39, 0.29) is 23.7 Å². The summed E-state index contributed by atoms with van der Waals surface area (Å²) in [6.45, 7) is 1.27. The van der Waals surface area contributed by atoms with E-state index in [1.54, 1.807) is 24.3 Å². The minimum Gasteiger partial charge on any atom is -0.369 e. The molecule has 30 heavy (non-hydrogen) atoms. The van der Waals surface area contributed by atoms with Crippen LogP contribution in [0, 0.1) is 10.1 Å². The van der Waals surface area contributed by atoms with E-state index in [2.05, 4.69) is 0 Å². The first-order valence-corrected chi connectivity index (χ1v) is 10.5. The zero-order valence-corrected chi connectivity index (χ0v) is 16.7. The van der Waals surface area contributed by atoms with Crippen LogP contribution < -0.4 is 10.4 Å². The number of carbonyl (C=O) groups excluding carboxylic acids is 1. The number of non-ortho nitro benzene ring substituents is 1. The number of hydrogen-bond donors (Lipinski definition) is 2. The fourth-order valence-electron chi connectivity index (χ4n) is 3.13. The van der Waals surface area contributed by atoms with Crippen molar-refractivity contribution >= 4 is 33.4 Å². The van der Waals surface area contributed by atoms with Crippen molar-refractivity contribution in [1.82, 2.24) is 9.79 Å². The molecule has 2 N–H and O–H groups in total. The Balaban J connectivity index is 1.72. The molecule has 0 unspecified atom stereocenters. The standard InChI is InChI=1S/C19H20N4O6S/c24-19(20-25)8-7-15-3-1-6-18(13-15)30(28,29)22-11-9-21(10-12-22)16-4-2-5-17(14-16)23(26)27/h1-8,13-14,25H,9-12H2,(H,20,24). The molecule has 0 spiro atoms. The summed E-state index contributed by atoms with van der Waals surface area (Å²) in [5.41, 5.74) is 2.62. The highest BCUT2D eigenvalue weighted by Gasteiger charge is 2.29. The molecule has 1 amide bonds. The molecule has 2 aromatic carbocycles. The highest BCUT2D eigenvalue weighted by molar-refractivity contribution is 7.89. The fraction of sp³-hybridized carbons (Fsp3) is 0.211. The Morgan fingerprint density at radius 1 is 1.10 bits per heavy atom. The van der Waals surface area contributed by atoms with Crippen LogP contribution in [0.1, 0.15) is 5.56 Å². The number of nitro benzene ring substituents is 1. The molecule has 0 saturated carbocycles. The van der Waals surface area contributed by atoms with Crippen LogP contribution in [0.25, 0.3) is 6.08 Å². The van der Waals surface area contributed by atoms with E-state index in [1.165, 1.54) is 40.1 Å². The first-order chi connectivity index (χ1) is 14.3. The molecule has 1 fully saturated rings. The van der Waals surface area contributed by atoms with E-state index >= 15 is 0 Å². The number of sulfonamides is 1. The average Bonchev–Trinajstić information content (AvgIpc) is 2.77.